The summed E-state index contributed by atoms with van der Waals surface area (Å²) in [4.78, 5) is 16.8. The fourth-order valence-electron chi connectivity index (χ4n) is 3.27. The minimum atomic E-state index is -0.190. The zero-order valence-corrected chi connectivity index (χ0v) is 14.7. The molecule has 3 rings (SSSR count). The van der Waals surface area contributed by atoms with Crippen LogP contribution in [0.15, 0.2) is 48.5 Å². The summed E-state index contributed by atoms with van der Waals surface area (Å²) in [6.07, 6.45) is 1.40. The van der Waals surface area contributed by atoms with Gasteiger partial charge in [0, 0.05) is 32.7 Å². The normalized spacial score (nSPS) is 15.4. The highest BCUT2D eigenvalue weighted by Crippen LogP contribution is 2.10. The maximum atomic E-state index is 12.9. The van der Waals surface area contributed by atoms with Crippen LogP contribution < -0.4 is 0 Å². The van der Waals surface area contributed by atoms with Gasteiger partial charge in [0.25, 0.3) is 0 Å². The van der Waals surface area contributed by atoms with Crippen molar-refractivity contribution in [1.29, 1.82) is 0 Å². The van der Waals surface area contributed by atoms with Crippen LogP contribution >= 0.6 is 0 Å². The van der Waals surface area contributed by atoms with Crippen LogP contribution in [0.5, 0.6) is 0 Å². The Hall–Kier alpha value is -2.20. The van der Waals surface area contributed by atoms with Gasteiger partial charge in [0.1, 0.15) is 5.82 Å². The molecule has 0 spiro atoms. The van der Waals surface area contributed by atoms with Gasteiger partial charge in [0.2, 0.25) is 5.91 Å². The molecule has 1 heterocycles. The van der Waals surface area contributed by atoms with Gasteiger partial charge < -0.3 is 4.90 Å². The van der Waals surface area contributed by atoms with Crippen molar-refractivity contribution in [3.05, 3.63) is 71.0 Å². The van der Waals surface area contributed by atoms with Gasteiger partial charge in [0.15, 0.2) is 0 Å². The summed E-state index contributed by atoms with van der Waals surface area (Å²) >= 11 is 0. The van der Waals surface area contributed by atoms with Crippen molar-refractivity contribution in [2.75, 3.05) is 32.7 Å². The minimum Gasteiger partial charge on any atom is -0.340 e. The molecule has 1 amide bonds. The smallest absolute Gasteiger partial charge is 0.227 e. The van der Waals surface area contributed by atoms with Crippen LogP contribution in [-0.4, -0.2) is 48.4 Å². The molecule has 1 aliphatic heterocycles. The minimum absolute atomic E-state index is 0.190. The fraction of sp³-hybridized carbons (Fsp3) is 0.381. The third kappa shape index (κ3) is 5.13. The quantitative estimate of drug-likeness (QED) is 0.835. The van der Waals surface area contributed by atoms with Crippen LogP contribution in [-0.2, 0) is 17.6 Å². The Bertz CT molecular complexity index is 706. The van der Waals surface area contributed by atoms with Crippen molar-refractivity contribution in [2.45, 2.75) is 19.8 Å². The zero-order valence-electron chi connectivity index (χ0n) is 14.7. The number of carbonyl (C=O) groups is 1. The van der Waals surface area contributed by atoms with Gasteiger partial charge in [-0.1, -0.05) is 42.0 Å². The first-order valence-corrected chi connectivity index (χ1v) is 8.90. The number of halogens is 1. The molecule has 132 valence electrons. The van der Waals surface area contributed by atoms with Crippen LogP contribution in [0.25, 0.3) is 0 Å². The lowest BCUT2D eigenvalue weighted by atomic mass is 10.1. The van der Waals surface area contributed by atoms with E-state index in [-0.39, 0.29) is 11.7 Å². The van der Waals surface area contributed by atoms with Crippen molar-refractivity contribution in [2.24, 2.45) is 0 Å². The molecular formula is C21H25FN2O. The predicted molar refractivity (Wildman–Crippen MR) is 98.0 cm³/mol. The first-order valence-electron chi connectivity index (χ1n) is 8.90. The van der Waals surface area contributed by atoms with E-state index >= 15 is 0 Å². The first kappa shape index (κ1) is 17.6. The van der Waals surface area contributed by atoms with E-state index in [4.69, 9.17) is 0 Å². The second-order valence-electron chi connectivity index (χ2n) is 6.76. The third-order valence-corrected chi connectivity index (χ3v) is 4.79. The van der Waals surface area contributed by atoms with Crippen molar-refractivity contribution < 1.29 is 9.18 Å². The topological polar surface area (TPSA) is 23.6 Å². The van der Waals surface area contributed by atoms with Crippen molar-refractivity contribution in [1.82, 2.24) is 9.80 Å². The Balaban J connectivity index is 1.43. The Labute approximate surface area is 149 Å². The molecule has 2 aromatic carbocycles. The lowest BCUT2D eigenvalue weighted by Crippen LogP contribution is -2.49. The zero-order chi connectivity index (χ0) is 17.6. The Morgan fingerprint density at radius 3 is 2.40 bits per heavy atom. The highest BCUT2D eigenvalue weighted by molar-refractivity contribution is 5.79. The number of rotatable bonds is 5. The van der Waals surface area contributed by atoms with E-state index in [9.17, 15) is 9.18 Å². The first-order chi connectivity index (χ1) is 12.1. The largest absolute Gasteiger partial charge is 0.340 e. The average Bonchev–Trinajstić information content (AvgIpc) is 2.62. The molecule has 4 heteroatoms. The van der Waals surface area contributed by atoms with Gasteiger partial charge in [-0.3, -0.25) is 9.69 Å². The van der Waals surface area contributed by atoms with Crippen molar-refractivity contribution in [3.63, 3.8) is 0 Å². The number of benzene rings is 2. The number of hydrogen-bond acceptors (Lipinski definition) is 2. The second-order valence-corrected chi connectivity index (χ2v) is 6.76. The molecule has 0 aliphatic carbocycles. The molecule has 3 nitrogen and oxygen atoms in total. The highest BCUT2D eigenvalue weighted by Gasteiger charge is 2.20. The van der Waals surface area contributed by atoms with E-state index in [0.717, 1.165) is 50.3 Å². The number of piperazine rings is 1. The van der Waals surface area contributed by atoms with Crippen LogP contribution in [0.1, 0.15) is 16.7 Å². The van der Waals surface area contributed by atoms with Crippen molar-refractivity contribution in [3.8, 4) is 0 Å². The number of hydrogen-bond donors (Lipinski definition) is 0. The third-order valence-electron chi connectivity index (χ3n) is 4.79. The molecule has 0 N–H and O–H groups in total. The Morgan fingerprint density at radius 2 is 1.72 bits per heavy atom. The molecular weight excluding hydrogens is 315 g/mol. The van der Waals surface area contributed by atoms with Crippen LogP contribution in [0.4, 0.5) is 4.39 Å². The molecule has 0 aromatic heterocycles. The molecule has 1 fully saturated rings. The maximum Gasteiger partial charge on any atom is 0.227 e. The van der Waals surface area contributed by atoms with E-state index in [1.165, 1.54) is 17.7 Å². The maximum absolute atomic E-state index is 12.9. The monoisotopic (exact) mass is 340 g/mol. The van der Waals surface area contributed by atoms with Gasteiger partial charge in [-0.2, -0.15) is 0 Å². The lowest BCUT2D eigenvalue weighted by molar-refractivity contribution is -0.132. The summed E-state index contributed by atoms with van der Waals surface area (Å²) in [5.74, 6) is 0.0215. The van der Waals surface area contributed by atoms with Crippen LogP contribution in [0, 0.1) is 12.7 Å². The number of aryl methyl sites for hydroxylation is 1. The number of nitrogens with zero attached hydrogens (tertiary/aromatic N) is 2. The van der Waals surface area contributed by atoms with Gasteiger partial charge in [-0.05, 0) is 36.6 Å². The van der Waals surface area contributed by atoms with Gasteiger partial charge in [-0.15, -0.1) is 0 Å². The standard InChI is InChI=1S/C21H25FN2O/c1-17-3-2-4-19(15-17)16-21(25)24-13-11-23(12-14-24)10-9-18-5-7-20(22)8-6-18/h2-8,15H,9-14,16H2,1H3. The summed E-state index contributed by atoms with van der Waals surface area (Å²) in [5.41, 5.74) is 3.43. The van der Waals surface area contributed by atoms with E-state index in [1.54, 1.807) is 0 Å². The summed E-state index contributed by atoms with van der Waals surface area (Å²) < 4.78 is 12.9. The van der Waals surface area contributed by atoms with E-state index in [0.29, 0.717) is 6.42 Å². The molecule has 0 radical (unpaired) electrons. The second kappa shape index (κ2) is 8.26. The summed E-state index contributed by atoms with van der Waals surface area (Å²) in [6.45, 7) is 6.38. The van der Waals surface area contributed by atoms with Crippen molar-refractivity contribution >= 4 is 5.91 Å². The van der Waals surface area contributed by atoms with Gasteiger partial charge >= 0.3 is 0 Å². The van der Waals surface area contributed by atoms with Gasteiger partial charge in [0.05, 0.1) is 6.42 Å². The van der Waals surface area contributed by atoms with Gasteiger partial charge in [-0.25, -0.2) is 4.39 Å². The van der Waals surface area contributed by atoms with E-state index < -0.39 is 0 Å². The summed E-state index contributed by atoms with van der Waals surface area (Å²) in [6, 6.07) is 14.9. The van der Waals surface area contributed by atoms with E-state index in [1.807, 2.05) is 42.2 Å². The fourth-order valence-corrected chi connectivity index (χ4v) is 3.27. The van der Waals surface area contributed by atoms with Crippen LogP contribution in [0.2, 0.25) is 0 Å². The molecule has 1 aliphatic rings. The predicted octanol–water partition coefficient (Wildman–Crippen LogP) is 3.06. The van der Waals surface area contributed by atoms with Crippen LogP contribution in [0.3, 0.4) is 0 Å². The van der Waals surface area contributed by atoms with E-state index in [2.05, 4.69) is 11.0 Å². The highest BCUT2D eigenvalue weighted by atomic mass is 19.1. The molecule has 0 saturated carbocycles. The Morgan fingerprint density at radius 1 is 1.00 bits per heavy atom. The average molecular weight is 340 g/mol. The molecule has 2 aromatic rings. The number of carbonyl (C=O) groups excluding carboxylic acids is 1. The summed E-state index contributed by atoms with van der Waals surface area (Å²) in [5, 5.41) is 0. The summed E-state index contributed by atoms with van der Waals surface area (Å²) in [7, 11) is 0. The molecule has 25 heavy (non-hydrogen) atoms. The number of amides is 1. The Kier molecular flexibility index (Phi) is 5.82. The lowest BCUT2D eigenvalue weighted by Gasteiger charge is -2.34. The molecule has 1 saturated heterocycles. The molecule has 0 bridgehead atoms. The molecule has 0 unspecified atom stereocenters. The molecule has 0 atom stereocenters. The SMILES string of the molecule is Cc1cccc(CC(=O)N2CCN(CCc3ccc(F)cc3)CC2)c1.